The fraction of sp³-hybridized carbons (Fsp3) is 0.182. The number of thioether (sulfide) groups is 1. The first-order valence-corrected chi connectivity index (χ1v) is 10.2. The van der Waals surface area contributed by atoms with Gasteiger partial charge in [0.05, 0.1) is 0 Å². The number of rotatable bonds is 4. The molecule has 0 aliphatic carbocycles. The van der Waals surface area contributed by atoms with E-state index in [2.05, 4.69) is 52.7 Å². The van der Waals surface area contributed by atoms with Crippen molar-refractivity contribution in [2.24, 2.45) is 7.05 Å². The first kappa shape index (κ1) is 17.1. The minimum absolute atomic E-state index is 0.265. The van der Waals surface area contributed by atoms with Crippen LogP contribution >= 0.6 is 11.8 Å². The molecule has 0 saturated heterocycles. The summed E-state index contributed by atoms with van der Waals surface area (Å²) in [6, 6.07) is 22.6. The predicted octanol–water partition coefficient (Wildman–Crippen LogP) is 4.77. The van der Waals surface area contributed by atoms with Crippen molar-refractivity contribution in [2.75, 3.05) is 6.61 Å². The molecule has 0 saturated carbocycles. The Kier molecular flexibility index (Phi) is 4.41. The molecule has 0 bridgehead atoms. The van der Waals surface area contributed by atoms with Crippen LogP contribution in [0.25, 0.3) is 10.8 Å². The largest absolute Gasteiger partial charge is 0.485 e. The summed E-state index contributed by atoms with van der Waals surface area (Å²) in [5, 5.41) is 12.2. The number of ether oxygens (including phenoxy) is 2. The Balaban J connectivity index is 1.35. The molecule has 140 valence electrons. The predicted molar refractivity (Wildman–Crippen MR) is 110 cm³/mol. The van der Waals surface area contributed by atoms with E-state index in [9.17, 15) is 0 Å². The molecule has 4 aromatic rings. The lowest BCUT2D eigenvalue weighted by molar-refractivity contribution is 0.0825. The number of benzene rings is 3. The number of aromatic nitrogens is 3. The van der Waals surface area contributed by atoms with Gasteiger partial charge in [-0.05, 0) is 28.5 Å². The summed E-state index contributed by atoms with van der Waals surface area (Å²) in [5.41, 5.74) is 1.29. The topological polar surface area (TPSA) is 49.2 Å². The van der Waals surface area contributed by atoms with Crippen LogP contribution in [0.2, 0.25) is 0 Å². The molecule has 28 heavy (non-hydrogen) atoms. The summed E-state index contributed by atoms with van der Waals surface area (Å²) in [5.74, 6) is 3.12. The number of hydrogen-bond acceptors (Lipinski definition) is 5. The Morgan fingerprint density at radius 3 is 2.68 bits per heavy atom. The molecule has 0 spiro atoms. The Morgan fingerprint density at radius 1 is 0.964 bits per heavy atom. The second-order valence-electron chi connectivity index (χ2n) is 6.69. The van der Waals surface area contributed by atoms with Crippen molar-refractivity contribution in [1.29, 1.82) is 0 Å². The van der Waals surface area contributed by atoms with Gasteiger partial charge in [0.15, 0.2) is 28.6 Å². The lowest BCUT2D eigenvalue weighted by Gasteiger charge is -2.25. The average molecular weight is 389 g/mol. The highest BCUT2D eigenvalue weighted by atomic mass is 32.2. The fourth-order valence-corrected chi connectivity index (χ4v) is 4.36. The van der Waals surface area contributed by atoms with Crippen molar-refractivity contribution in [3.63, 3.8) is 0 Å². The fourth-order valence-electron chi connectivity index (χ4n) is 3.44. The summed E-state index contributed by atoms with van der Waals surface area (Å²) in [6.45, 7) is 0.428. The van der Waals surface area contributed by atoms with Crippen molar-refractivity contribution < 1.29 is 9.47 Å². The smallest absolute Gasteiger partial charge is 0.192 e. The molecule has 0 unspecified atom stereocenters. The molecule has 3 aromatic carbocycles. The van der Waals surface area contributed by atoms with Gasteiger partial charge in [-0.25, -0.2) is 0 Å². The first-order valence-electron chi connectivity index (χ1n) is 9.17. The minimum Gasteiger partial charge on any atom is -0.485 e. The van der Waals surface area contributed by atoms with Crippen molar-refractivity contribution in [3.8, 4) is 11.5 Å². The molecular formula is C22H19N3O2S. The highest BCUT2D eigenvalue weighted by Crippen LogP contribution is 2.36. The summed E-state index contributed by atoms with van der Waals surface area (Å²) in [7, 11) is 1.98. The van der Waals surface area contributed by atoms with E-state index in [4.69, 9.17) is 9.47 Å². The first-order chi connectivity index (χ1) is 13.8. The molecule has 6 heteroatoms. The van der Waals surface area contributed by atoms with Crippen LogP contribution in [0.3, 0.4) is 0 Å². The molecular weight excluding hydrogens is 370 g/mol. The van der Waals surface area contributed by atoms with Gasteiger partial charge in [-0.15, -0.1) is 10.2 Å². The van der Waals surface area contributed by atoms with Gasteiger partial charge in [0.25, 0.3) is 0 Å². The molecule has 2 heterocycles. The normalized spacial score (nSPS) is 15.7. The summed E-state index contributed by atoms with van der Waals surface area (Å²) < 4.78 is 13.9. The van der Waals surface area contributed by atoms with Crippen LogP contribution in [-0.2, 0) is 12.8 Å². The van der Waals surface area contributed by atoms with Crippen molar-refractivity contribution >= 4 is 22.5 Å². The van der Waals surface area contributed by atoms with Gasteiger partial charge in [0, 0.05) is 12.8 Å². The molecule has 0 N–H and O–H groups in total. The molecule has 0 amide bonds. The summed E-state index contributed by atoms with van der Waals surface area (Å²) in [4.78, 5) is 0. The van der Waals surface area contributed by atoms with Crippen LogP contribution in [0.1, 0.15) is 17.5 Å². The average Bonchev–Trinajstić information content (AvgIpc) is 3.12. The molecule has 1 atom stereocenters. The van der Waals surface area contributed by atoms with Crippen LogP contribution in [0.5, 0.6) is 11.5 Å². The van der Waals surface area contributed by atoms with Crippen LogP contribution in [0, 0.1) is 0 Å². The number of hydrogen-bond donors (Lipinski definition) is 0. The van der Waals surface area contributed by atoms with E-state index in [1.54, 1.807) is 11.8 Å². The zero-order valence-corrected chi connectivity index (χ0v) is 16.2. The molecule has 1 aliphatic heterocycles. The second kappa shape index (κ2) is 7.20. The molecule has 5 nitrogen and oxygen atoms in total. The van der Waals surface area contributed by atoms with E-state index >= 15 is 0 Å². The Morgan fingerprint density at radius 2 is 1.75 bits per heavy atom. The minimum atomic E-state index is -0.265. The zero-order valence-electron chi connectivity index (χ0n) is 15.4. The molecule has 5 rings (SSSR count). The SMILES string of the molecule is Cn1c(SCc2cccc3ccccc23)nnc1[C@H]1COc2ccccc2O1. The molecule has 1 aromatic heterocycles. The standard InChI is InChI=1S/C22H19N3O2S/c1-25-21(20-13-26-18-11-4-5-12-19(18)27-20)23-24-22(25)28-14-16-9-6-8-15-7-2-3-10-17(15)16/h2-12,20H,13-14H2,1H3/t20-/m1/s1. The second-order valence-corrected chi connectivity index (χ2v) is 7.63. The third-order valence-corrected chi connectivity index (χ3v) is 5.97. The Bertz CT molecular complexity index is 1140. The quantitative estimate of drug-likeness (QED) is 0.471. The van der Waals surface area contributed by atoms with Gasteiger partial charge >= 0.3 is 0 Å². The zero-order chi connectivity index (χ0) is 18.9. The maximum atomic E-state index is 6.07. The summed E-state index contributed by atoms with van der Waals surface area (Å²) >= 11 is 1.68. The van der Waals surface area contributed by atoms with Gasteiger partial charge in [-0.3, -0.25) is 0 Å². The molecule has 1 aliphatic rings. The molecule has 0 fully saturated rings. The van der Waals surface area contributed by atoms with Gasteiger partial charge in [0.1, 0.15) is 6.61 Å². The van der Waals surface area contributed by atoms with Crippen LogP contribution in [0.15, 0.2) is 71.9 Å². The molecule has 0 radical (unpaired) electrons. The van der Waals surface area contributed by atoms with E-state index in [1.807, 2.05) is 35.9 Å². The lowest BCUT2D eigenvalue weighted by Crippen LogP contribution is -2.24. The summed E-state index contributed by atoms with van der Waals surface area (Å²) in [6.07, 6.45) is -0.265. The van der Waals surface area contributed by atoms with E-state index in [-0.39, 0.29) is 6.10 Å². The third kappa shape index (κ3) is 3.10. The van der Waals surface area contributed by atoms with Gasteiger partial charge in [0.2, 0.25) is 0 Å². The lowest BCUT2D eigenvalue weighted by atomic mass is 10.1. The van der Waals surface area contributed by atoms with Crippen LogP contribution < -0.4 is 9.47 Å². The van der Waals surface area contributed by atoms with E-state index < -0.39 is 0 Å². The van der Waals surface area contributed by atoms with E-state index in [1.165, 1.54) is 16.3 Å². The van der Waals surface area contributed by atoms with Gasteiger partial charge in [-0.2, -0.15) is 0 Å². The van der Waals surface area contributed by atoms with E-state index in [0.29, 0.717) is 6.61 Å². The van der Waals surface area contributed by atoms with Gasteiger partial charge < -0.3 is 14.0 Å². The Labute approximate surface area is 167 Å². The highest BCUT2D eigenvalue weighted by molar-refractivity contribution is 7.98. The highest BCUT2D eigenvalue weighted by Gasteiger charge is 2.27. The number of fused-ring (bicyclic) bond motifs is 2. The number of para-hydroxylation sites is 2. The maximum absolute atomic E-state index is 6.07. The van der Waals surface area contributed by atoms with Crippen molar-refractivity contribution in [1.82, 2.24) is 14.8 Å². The third-order valence-electron chi connectivity index (χ3n) is 4.90. The van der Waals surface area contributed by atoms with Crippen LogP contribution in [-0.4, -0.2) is 21.4 Å². The van der Waals surface area contributed by atoms with Crippen molar-refractivity contribution in [2.45, 2.75) is 17.0 Å². The number of nitrogens with zero attached hydrogens (tertiary/aromatic N) is 3. The van der Waals surface area contributed by atoms with Crippen LogP contribution in [0.4, 0.5) is 0 Å². The van der Waals surface area contributed by atoms with E-state index in [0.717, 1.165) is 28.2 Å². The maximum Gasteiger partial charge on any atom is 0.192 e. The monoisotopic (exact) mass is 389 g/mol. The van der Waals surface area contributed by atoms with Crippen molar-refractivity contribution in [3.05, 3.63) is 78.1 Å². The Hall–Kier alpha value is -2.99. The van der Waals surface area contributed by atoms with Gasteiger partial charge in [-0.1, -0.05) is 66.4 Å².